The van der Waals surface area contributed by atoms with Gasteiger partial charge in [-0.1, -0.05) is 0 Å². The van der Waals surface area contributed by atoms with Crippen LogP contribution in [0.2, 0.25) is 0 Å². The zero-order valence-electron chi connectivity index (χ0n) is 9.25. The third-order valence-corrected chi connectivity index (χ3v) is 4.03. The van der Waals surface area contributed by atoms with Crippen LogP contribution in [0.3, 0.4) is 0 Å². The Morgan fingerprint density at radius 2 is 1.95 bits per heavy atom. The number of aliphatic carboxylic acids is 1. The zero-order valence-corrected chi connectivity index (χ0v) is 10.9. The number of carbonyl (C=O) groups excluding carboxylic acids is 1. The molecule has 0 saturated heterocycles. The summed E-state index contributed by atoms with van der Waals surface area (Å²) in [6.07, 6.45) is 0. The fourth-order valence-corrected chi connectivity index (χ4v) is 3.04. The maximum Gasteiger partial charge on any atom is 0.394 e. The number of carboxylic acids is 2. The van der Waals surface area contributed by atoms with E-state index < -0.39 is 17.8 Å². The molecule has 0 radical (unpaired) electrons. The van der Waals surface area contributed by atoms with Gasteiger partial charge in [0.25, 0.3) is 0 Å². The molecule has 0 atom stereocenters. The molecule has 0 saturated carbocycles. The summed E-state index contributed by atoms with van der Waals surface area (Å²) in [6.45, 7) is 0. The van der Waals surface area contributed by atoms with Gasteiger partial charge in [0.15, 0.2) is 0 Å². The fraction of sp³-hybridized carbons (Fsp3) is 0. The van der Waals surface area contributed by atoms with Crippen molar-refractivity contribution in [3.63, 3.8) is 0 Å². The molecular formula is C11H7NO5S2. The van der Waals surface area contributed by atoms with Crippen LogP contribution in [0, 0.1) is 0 Å². The Bertz CT molecular complexity index is 644. The molecule has 0 aromatic carbocycles. The van der Waals surface area contributed by atoms with Gasteiger partial charge >= 0.3 is 17.8 Å². The normalized spacial score (nSPS) is 10.1. The topological polar surface area (TPSA) is 104 Å². The molecule has 0 spiro atoms. The van der Waals surface area contributed by atoms with Crippen LogP contribution >= 0.6 is 22.7 Å². The predicted octanol–water partition coefficient (Wildman–Crippen LogP) is 2.20. The molecule has 0 bridgehead atoms. The molecule has 2 aromatic heterocycles. The summed E-state index contributed by atoms with van der Waals surface area (Å²) >= 11 is 2.43. The number of anilines is 1. The van der Waals surface area contributed by atoms with Crippen molar-refractivity contribution in [1.82, 2.24) is 0 Å². The van der Waals surface area contributed by atoms with E-state index in [2.05, 4.69) is 5.32 Å². The number of hydrogen-bond acceptors (Lipinski definition) is 5. The molecule has 0 aliphatic heterocycles. The van der Waals surface area contributed by atoms with Gasteiger partial charge in [0.1, 0.15) is 4.88 Å². The molecule has 0 unspecified atom stereocenters. The van der Waals surface area contributed by atoms with Crippen LogP contribution in [0.15, 0.2) is 22.9 Å². The van der Waals surface area contributed by atoms with Gasteiger partial charge in [0, 0.05) is 10.4 Å². The highest BCUT2D eigenvalue weighted by molar-refractivity contribution is 7.18. The van der Waals surface area contributed by atoms with Crippen molar-refractivity contribution in [3.05, 3.63) is 27.8 Å². The van der Waals surface area contributed by atoms with E-state index in [1.807, 2.05) is 16.8 Å². The standard InChI is InChI=1S/C11H7NO5S2/c13-9(11(16)17)12-6-3-7(5-1-2-18-4-5)19-8(6)10(14)15/h1-4H,(H,12,13)(H,14,15)(H,16,17). The lowest BCUT2D eigenvalue weighted by Gasteiger charge is -1.99. The third-order valence-electron chi connectivity index (χ3n) is 2.17. The average Bonchev–Trinajstić information content (AvgIpc) is 2.95. The number of carbonyl (C=O) groups is 3. The lowest BCUT2D eigenvalue weighted by molar-refractivity contribution is -0.147. The monoisotopic (exact) mass is 297 g/mol. The summed E-state index contributed by atoms with van der Waals surface area (Å²) in [7, 11) is 0. The molecule has 0 aliphatic rings. The van der Waals surface area contributed by atoms with E-state index in [1.54, 1.807) is 0 Å². The fourth-order valence-electron chi connectivity index (χ4n) is 1.37. The van der Waals surface area contributed by atoms with E-state index in [0.717, 1.165) is 16.9 Å². The van der Waals surface area contributed by atoms with Crippen molar-refractivity contribution in [1.29, 1.82) is 0 Å². The van der Waals surface area contributed by atoms with E-state index in [4.69, 9.17) is 10.2 Å². The van der Waals surface area contributed by atoms with Crippen molar-refractivity contribution in [3.8, 4) is 10.4 Å². The highest BCUT2D eigenvalue weighted by Gasteiger charge is 2.20. The molecule has 3 N–H and O–H groups in total. The summed E-state index contributed by atoms with van der Waals surface area (Å²) in [6, 6.07) is 3.27. The minimum absolute atomic E-state index is 0.00824. The first-order valence-electron chi connectivity index (χ1n) is 4.93. The van der Waals surface area contributed by atoms with Crippen molar-refractivity contribution >= 4 is 46.2 Å². The number of carboxylic acid groups (broad SMARTS) is 2. The maximum atomic E-state index is 11.1. The molecule has 0 fully saturated rings. The second kappa shape index (κ2) is 5.21. The highest BCUT2D eigenvalue weighted by atomic mass is 32.1. The molecule has 6 nitrogen and oxygen atoms in total. The molecule has 19 heavy (non-hydrogen) atoms. The summed E-state index contributed by atoms with van der Waals surface area (Å²) in [5.41, 5.74) is 0.819. The van der Waals surface area contributed by atoms with Crippen molar-refractivity contribution in [2.75, 3.05) is 5.32 Å². The highest BCUT2D eigenvalue weighted by Crippen LogP contribution is 2.35. The first-order chi connectivity index (χ1) is 8.99. The van der Waals surface area contributed by atoms with Crippen LogP contribution in [0.1, 0.15) is 9.67 Å². The number of rotatable bonds is 3. The SMILES string of the molecule is O=C(O)C(=O)Nc1cc(-c2ccsc2)sc1C(=O)O. The summed E-state index contributed by atoms with van der Waals surface area (Å²) in [4.78, 5) is 33.2. The number of thiophene rings is 2. The molecule has 2 rings (SSSR count). The van der Waals surface area contributed by atoms with Crippen molar-refractivity contribution < 1.29 is 24.6 Å². The van der Waals surface area contributed by atoms with Gasteiger partial charge in [-0.25, -0.2) is 9.59 Å². The average molecular weight is 297 g/mol. The molecule has 98 valence electrons. The Labute approximate surface area is 114 Å². The van der Waals surface area contributed by atoms with Crippen LogP contribution in [0.5, 0.6) is 0 Å². The largest absolute Gasteiger partial charge is 0.477 e. The quantitative estimate of drug-likeness (QED) is 0.753. The Morgan fingerprint density at radius 1 is 1.21 bits per heavy atom. The second-order valence-corrected chi connectivity index (χ2v) is 5.26. The van der Waals surface area contributed by atoms with Gasteiger partial charge in [-0.2, -0.15) is 11.3 Å². The summed E-state index contributed by atoms with van der Waals surface area (Å²) in [5, 5.41) is 23.3. The van der Waals surface area contributed by atoms with Gasteiger partial charge in [0.2, 0.25) is 0 Å². The Hall–Kier alpha value is -2.19. The van der Waals surface area contributed by atoms with Crippen molar-refractivity contribution in [2.45, 2.75) is 0 Å². The van der Waals surface area contributed by atoms with E-state index in [1.165, 1.54) is 17.4 Å². The molecule has 1 amide bonds. The Kier molecular flexibility index (Phi) is 3.63. The van der Waals surface area contributed by atoms with Crippen LogP contribution in [0.4, 0.5) is 5.69 Å². The number of hydrogen-bond donors (Lipinski definition) is 3. The van der Waals surface area contributed by atoms with Crippen molar-refractivity contribution in [2.24, 2.45) is 0 Å². The lowest BCUT2D eigenvalue weighted by atomic mass is 10.2. The Morgan fingerprint density at radius 3 is 2.47 bits per heavy atom. The first kappa shape index (κ1) is 13.2. The lowest BCUT2D eigenvalue weighted by Crippen LogP contribution is -2.22. The maximum absolute atomic E-state index is 11.1. The summed E-state index contributed by atoms with van der Waals surface area (Å²) < 4.78 is 0. The van der Waals surface area contributed by atoms with Gasteiger partial charge in [-0.15, -0.1) is 11.3 Å². The van der Waals surface area contributed by atoms with Gasteiger partial charge in [-0.3, -0.25) is 4.79 Å². The Balaban J connectivity index is 2.39. The van der Waals surface area contributed by atoms with Crippen LogP contribution in [-0.4, -0.2) is 28.1 Å². The predicted molar refractivity (Wildman–Crippen MR) is 70.9 cm³/mol. The third kappa shape index (κ3) is 2.80. The molecular weight excluding hydrogens is 290 g/mol. The minimum Gasteiger partial charge on any atom is -0.477 e. The molecule has 8 heteroatoms. The van der Waals surface area contributed by atoms with Crippen LogP contribution < -0.4 is 5.32 Å². The first-order valence-corrected chi connectivity index (χ1v) is 6.69. The summed E-state index contributed by atoms with van der Waals surface area (Å²) in [5.74, 6) is -4.15. The molecule has 0 aliphatic carbocycles. The van der Waals surface area contributed by atoms with Gasteiger partial charge in [0.05, 0.1) is 5.69 Å². The van der Waals surface area contributed by atoms with E-state index >= 15 is 0 Å². The van der Waals surface area contributed by atoms with E-state index in [9.17, 15) is 14.4 Å². The number of amides is 1. The minimum atomic E-state index is -1.67. The van der Waals surface area contributed by atoms with Gasteiger partial charge in [-0.05, 0) is 22.9 Å². The second-order valence-electron chi connectivity index (χ2n) is 3.43. The van der Waals surface area contributed by atoms with E-state index in [-0.39, 0.29) is 10.6 Å². The molecule has 2 heterocycles. The van der Waals surface area contributed by atoms with Crippen LogP contribution in [-0.2, 0) is 9.59 Å². The smallest absolute Gasteiger partial charge is 0.394 e. The van der Waals surface area contributed by atoms with Gasteiger partial charge < -0.3 is 15.5 Å². The van der Waals surface area contributed by atoms with E-state index in [0.29, 0.717) is 4.88 Å². The number of aromatic carboxylic acids is 1. The molecule has 2 aromatic rings. The number of nitrogens with one attached hydrogen (secondary N) is 1. The zero-order chi connectivity index (χ0) is 14.0. The van der Waals surface area contributed by atoms with Crippen LogP contribution in [0.25, 0.3) is 10.4 Å².